The summed E-state index contributed by atoms with van der Waals surface area (Å²) in [5.41, 5.74) is 2.82. The van der Waals surface area contributed by atoms with Gasteiger partial charge in [-0.2, -0.15) is 0 Å². The molecule has 0 amide bonds. The van der Waals surface area contributed by atoms with Crippen LogP contribution in [0.2, 0.25) is 0 Å². The second-order valence-corrected chi connectivity index (χ2v) is 2.27. The lowest BCUT2D eigenvalue weighted by molar-refractivity contribution is -0.112. The fourth-order valence-electron chi connectivity index (χ4n) is 0.566. The highest BCUT2D eigenvalue weighted by Gasteiger charge is 1.77. The molecule has 0 heterocycles. The predicted molar refractivity (Wildman–Crippen MR) is 42.9 cm³/mol. The zero-order chi connectivity index (χ0) is 7.82. The van der Waals surface area contributed by atoms with Crippen molar-refractivity contribution in [3.05, 3.63) is 17.9 Å². The van der Waals surface area contributed by atoms with Gasteiger partial charge in [0.1, 0.15) is 0 Å². The van der Waals surface area contributed by atoms with E-state index in [1.54, 1.807) is 0 Å². The Bertz CT molecular complexity index is 150. The summed E-state index contributed by atoms with van der Waals surface area (Å²) in [6.45, 7) is 3.67. The lowest BCUT2D eigenvalue weighted by Crippen LogP contribution is -1.76. The van der Waals surface area contributed by atoms with Crippen molar-refractivity contribution in [2.45, 2.75) is 33.1 Å². The maximum Gasteiger partial charge on any atom is 0.160 e. The maximum absolute atomic E-state index is 10.3. The standard InChI is InChI=1S/C9H14O/c1-3-4-5-6-7-8-9(2)10/h6,8H,3-5H2,1-2H3. The molecular weight excluding hydrogens is 124 g/mol. The Morgan fingerprint density at radius 3 is 2.80 bits per heavy atom. The highest BCUT2D eigenvalue weighted by Crippen LogP contribution is 1.92. The zero-order valence-corrected chi connectivity index (χ0v) is 6.68. The summed E-state index contributed by atoms with van der Waals surface area (Å²) in [5, 5.41) is 0. The Morgan fingerprint density at radius 1 is 1.60 bits per heavy atom. The summed E-state index contributed by atoms with van der Waals surface area (Å²) in [6, 6.07) is 0. The van der Waals surface area contributed by atoms with Crippen LogP contribution < -0.4 is 0 Å². The van der Waals surface area contributed by atoms with Crippen LogP contribution in [0.15, 0.2) is 17.9 Å². The van der Waals surface area contributed by atoms with E-state index in [0.29, 0.717) is 0 Å². The topological polar surface area (TPSA) is 17.1 Å². The highest BCUT2D eigenvalue weighted by atomic mass is 16.1. The molecule has 0 atom stereocenters. The second-order valence-electron chi connectivity index (χ2n) is 2.27. The van der Waals surface area contributed by atoms with Gasteiger partial charge in [-0.05, 0) is 25.8 Å². The van der Waals surface area contributed by atoms with E-state index in [1.807, 2.05) is 6.08 Å². The number of hydrogen-bond donors (Lipinski definition) is 0. The number of allylic oxidation sites excluding steroid dienone is 1. The lowest BCUT2D eigenvalue weighted by Gasteiger charge is -1.82. The molecule has 0 N–H and O–H groups in total. The van der Waals surface area contributed by atoms with E-state index in [2.05, 4.69) is 12.7 Å². The third-order valence-corrected chi connectivity index (χ3v) is 1.11. The van der Waals surface area contributed by atoms with Crippen molar-refractivity contribution in [1.82, 2.24) is 0 Å². The van der Waals surface area contributed by atoms with Crippen LogP contribution in [0.1, 0.15) is 33.1 Å². The van der Waals surface area contributed by atoms with Crippen LogP contribution in [0.3, 0.4) is 0 Å². The van der Waals surface area contributed by atoms with Crippen molar-refractivity contribution in [3.8, 4) is 0 Å². The molecule has 0 rings (SSSR count). The SMILES string of the molecule is CCCCC=C=CC(C)=O. The van der Waals surface area contributed by atoms with Crippen LogP contribution >= 0.6 is 0 Å². The quantitative estimate of drug-likeness (QED) is 0.331. The third kappa shape index (κ3) is 7.19. The minimum atomic E-state index is 0.0627. The highest BCUT2D eigenvalue weighted by molar-refractivity contribution is 5.86. The van der Waals surface area contributed by atoms with Gasteiger partial charge < -0.3 is 0 Å². The van der Waals surface area contributed by atoms with Gasteiger partial charge in [-0.15, -0.1) is 5.73 Å². The molecule has 10 heavy (non-hydrogen) atoms. The Hall–Kier alpha value is -0.810. The number of unbranched alkanes of at least 4 members (excludes halogenated alkanes) is 2. The van der Waals surface area contributed by atoms with E-state index in [4.69, 9.17) is 0 Å². The molecular formula is C9H14O. The molecule has 56 valence electrons. The molecule has 0 aliphatic heterocycles. The van der Waals surface area contributed by atoms with Crippen LogP contribution in [0.4, 0.5) is 0 Å². The first-order valence-electron chi connectivity index (χ1n) is 3.69. The Balaban J connectivity index is 3.44. The van der Waals surface area contributed by atoms with Crippen molar-refractivity contribution in [3.63, 3.8) is 0 Å². The molecule has 0 fully saturated rings. The first-order valence-corrected chi connectivity index (χ1v) is 3.69. The molecule has 0 aromatic carbocycles. The minimum Gasteiger partial charge on any atom is -0.294 e. The van der Waals surface area contributed by atoms with Gasteiger partial charge in [0.2, 0.25) is 0 Å². The van der Waals surface area contributed by atoms with Crippen LogP contribution in [0.25, 0.3) is 0 Å². The van der Waals surface area contributed by atoms with Gasteiger partial charge in [0, 0.05) is 6.08 Å². The molecule has 1 nitrogen and oxygen atoms in total. The average Bonchev–Trinajstić information content (AvgIpc) is 1.87. The van der Waals surface area contributed by atoms with Crippen molar-refractivity contribution >= 4 is 5.78 Å². The van der Waals surface area contributed by atoms with Crippen LogP contribution in [-0.4, -0.2) is 5.78 Å². The van der Waals surface area contributed by atoms with Crippen molar-refractivity contribution in [2.75, 3.05) is 0 Å². The van der Waals surface area contributed by atoms with E-state index < -0.39 is 0 Å². The summed E-state index contributed by atoms with van der Waals surface area (Å²) in [5.74, 6) is 0.0627. The molecule has 0 saturated carbocycles. The predicted octanol–water partition coefficient (Wildman–Crippen LogP) is 2.48. The van der Waals surface area contributed by atoms with Crippen molar-refractivity contribution in [1.29, 1.82) is 0 Å². The number of ketones is 1. The largest absolute Gasteiger partial charge is 0.294 e. The monoisotopic (exact) mass is 138 g/mol. The normalized spacial score (nSPS) is 8.20. The molecule has 0 bridgehead atoms. The smallest absolute Gasteiger partial charge is 0.160 e. The van der Waals surface area contributed by atoms with E-state index in [1.165, 1.54) is 25.8 Å². The molecule has 0 aliphatic rings. The summed E-state index contributed by atoms with van der Waals surface area (Å²) in [6.07, 6.45) is 6.78. The van der Waals surface area contributed by atoms with Gasteiger partial charge in [0.25, 0.3) is 0 Å². The molecule has 0 aliphatic carbocycles. The van der Waals surface area contributed by atoms with E-state index >= 15 is 0 Å². The third-order valence-electron chi connectivity index (χ3n) is 1.11. The molecule has 1 heteroatoms. The first-order chi connectivity index (χ1) is 4.77. The maximum atomic E-state index is 10.3. The zero-order valence-electron chi connectivity index (χ0n) is 6.68. The van der Waals surface area contributed by atoms with E-state index in [0.717, 1.165) is 6.42 Å². The fourth-order valence-corrected chi connectivity index (χ4v) is 0.566. The molecule has 0 aromatic rings. The average molecular weight is 138 g/mol. The van der Waals surface area contributed by atoms with Gasteiger partial charge in [-0.3, -0.25) is 4.79 Å². The molecule has 0 unspecified atom stereocenters. The van der Waals surface area contributed by atoms with Crippen LogP contribution in [0, 0.1) is 0 Å². The second kappa shape index (κ2) is 6.31. The summed E-state index contributed by atoms with van der Waals surface area (Å²) in [7, 11) is 0. The van der Waals surface area contributed by atoms with E-state index in [9.17, 15) is 4.79 Å². The van der Waals surface area contributed by atoms with Gasteiger partial charge in [-0.25, -0.2) is 0 Å². The number of hydrogen-bond acceptors (Lipinski definition) is 1. The summed E-state index contributed by atoms with van der Waals surface area (Å²) < 4.78 is 0. The fraction of sp³-hybridized carbons (Fsp3) is 0.556. The van der Waals surface area contributed by atoms with Crippen LogP contribution in [-0.2, 0) is 4.79 Å². The lowest BCUT2D eigenvalue weighted by atomic mass is 10.2. The van der Waals surface area contributed by atoms with Crippen molar-refractivity contribution < 1.29 is 4.79 Å². The van der Waals surface area contributed by atoms with Gasteiger partial charge in [-0.1, -0.05) is 13.3 Å². The Kier molecular flexibility index (Phi) is 5.80. The Morgan fingerprint density at radius 2 is 2.30 bits per heavy atom. The van der Waals surface area contributed by atoms with Crippen molar-refractivity contribution in [2.24, 2.45) is 0 Å². The van der Waals surface area contributed by atoms with E-state index in [-0.39, 0.29) is 5.78 Å². The molecule has 0 radical (unpaired) electrons. The Labute approximate surface area is 62.4 Å². The van der Waals surface area contributed by atoms with Gasteiger partial charge in [0.05, 0.1) is 0 Å². The first kappa shape index (κ1) is 9.19. The van der Waals surface area contributed by atoms with Gasteiger partial charge in [0.15, 0.2) is 5.78 Å². The number of carbonyl (C=O) groups is 1. The number of carbonyl (C=O) groups excluding carboxylic acids is 1. The molecule has 0 aromatic heterocycles. The molecule has 0 spiro atoms. The number of rotatable bonds is 4. The minimum absolute atomic E-state index is 0.0627. The summed E-state index contributed by atoms with van der Waals surface area (Å²) >= 11 is 0. The molecule has 0 saturated heterocycles. The summed E-state index contributed by atoms with van der Waals surface area (Å²) in [4.78, 5) is 10.3. The van der Waals surface area contributed by atoms with Gasteiger partial charge >= 0.3 is 0 Å². The van der Waals surface area contributed by atoms with Crippen LogP contribution in [0.5, 0.6) is 0 Å².